The molecule has 0 aliphatic heterocycles. The summed E-state index contributed by atoms with van der Waals surface area (Å²) in [7, 11) is 0. The highest BCUT2D eigenvalue weighted by Crippen LogP contribution is 2.46. The lowest BCUT2D eigenvalue weighted by molar-refractivity contribution is 0.0937. The molecular formula is C14H17N5O. The van der Waals surface area contributed by atoms with Gasteiger partial charge in [-0.15, -0.1) is 0 Å². The van der Waals surface area contributed by atoms with Crippen LogP contribution >= 0.6 is 0 Å². The second-order valence-electron chi connectivity index (χ2n) is 5.33. The smallest absolute Gasteiger partial charge is 0.269 e. The summed E-state index contributed by atoms with van der Waals surface area (Å²) in [6, 6.07) is 6.97. The van der Waals surface area contributed by atoms with Gasteiger partial charge in [-0.25, -0.2) is 4.98 Å². The number of carbonyl (C=O) groups is 1. The van der Waals surface area contributed by atoms with Crippen molar-refractivity contribution < 1.29 is 4.79 Å². The van der Waals surface area contributed by atoms with Crippen molar-refractivity contribution in [1.29, 1.82) is 0 Å². The van der Waals surface area contributed by atoms with Crippen LogP contribution in [0.15, 0.2) is 36.7 Å². The Balaban J connectivity index is 1.58. The highest BCUT2D eigenvalue weighted by Gasteiger charge is 2.43. The zero-order chi connectivity index (χ0) is 14.0. The fourth-order valence-corrected chi connectivity index (χ4v) is 2.24. The maximum atomic E-state index is 12.0. The first-order chi connectivity index (χ1) is 9.67. The van der Waals surface area contributed by atoms with Gasteiger partial charge in [-0.3, -0.25) is 9.48 Å². The minimum atomic E-state index is -0.177. The summed E-state index contributed by atoms with van der Waals surface area (Å²) in [5, 5.41) is 7.16. The minimum absolute atomic E-state index is 0.141. The second-order valence-corrected chi connectivity index (χ2v) is 5.33. The Kier molecular flexibility index (Phi) is 3.14. The monoisotopic (exact) mass is 271 g/mol. The number of carbonyl (C=O) groups excluding carboxylic acids is 1. The lowest BCUT2D eigenvalue weighted by Crippen LogP contribution is -2.33. The van der Waals surface area contributed by atoms with Gasteiger partial charge in [0.05, 0.1) is 0 Å². The molecule has 2 aromatic heterocycles. The first-order valence-corrected chi connectivity index (χ1v) is 6.65. The van der Waals surface area contributed by atoms with Crippen molar-refractivity contribution in [1.82, 2.24) is 20.1 Å². The van der Waals surface area contributed by atoms with E-state index in [1.54, 1.807) is 24.4 Å². The van der Waals surface area contributed by atoms with Gasteiger partial charge in [0, 0.05) is 30.9 Å². The van der Waals surface area contributed by atoms with Crippen LogP contribution in [-0.4, -0.2) is 27.2 Å². The zero-order valence-electron chi connectivity index (χ0n) is 11.1. The molecule has 3 N–H and O–H groups in total. The molecule has 2 aromatic rings. The summed E-state index contributed by atoms with van der Waals surface area (Å²) >= 11 is 0. The molecule has 1 fully saturated rings. The quantitative estimate of drug-likeness (QED) is 0.851. The molecule has 1 aliphatic carbocycles. The second kappa shape index (κ2) is 4.96. The van der Waals surface area contributed by atoms with Gasteiger partial charge in [-0.2, -0.15) is 5.10 Å². The van der Waals surface area contributed by atoms with Gasteiger partial charge in [0.25, 0.3) is 5.91 Å². The fraction of sp³-hybridized carbons (Fsp3) is 0.357. The number of aromatic nitrogens is 3. The SMILES string of the molecule is Nc1cccc(C(=O)NCC2(Cn3cccn3)CC2)n1. The van der Waals surface area contributed by atoms with Gasteiger partial charge in [0.1, 0.15) is 11.5 Å². The van der Waals surface area contributed by atoms with Crippen LogP contribution in [0, 0.1) is 5.41 Å². The molecule has 0 aromatic carbocycles. The van der Waals surface area contributed by atoms with Gasteiger partial charge in [-0.1, -0.05) is 6.07 Å². The van der Waals surface area contributed by atoms with E-state index in [0.717, 1.165) is 19.4 Å². The molecule has 1 amide bonds. The molecule has 0 atom stereocenters. The van der Waals surface area contributed by atoms with E-state index in [1.807, 2.05) is 16.9 Å². The van der Waals surface area contributed by atoms with Crippen molar-refractivity contribution in [3.05, 3.63) is 42.4 Å². The van der Waals surface area contributed by atoms with E-state index < -0.39 is 0 Å². The molecule has 2 heterocycles. The Morgan fingerprint density at radius 2 is 2.25 bits per heavy atom. The van der Waals surface area contributed by atoms with Crippen molar-refractivity contribution in [3.8, 4) is 0 Å². The molecule has 1 aliphatic rings. The van der Waals surface area contributed by atoms with Crippen LogP contribution in [0.5, 0.6) is 0 Å². The largest absolute Gasteiger partial charge is 0.384 e. The molecule has 6 nitrogen and oxygen atoms in total. The molecule has 104 valence electrons. The summed E-state index contributed by atoms with van der Waals surface area (Å²) < 4.78 is 1.91. The molecule has 0 bridgehead atoms. The Hall–Kier alpha value is -2.37. The summed E-state index contributed by atoms with van der Waals surface area (Å²) in [5.74, 6) is 0.180. The number of anilines is 1. The molecule has 6 heteroatoms. The van der Waals surface area contributed by atoms with Crippen LogP contribution < -0.4 is 11.1 Å². The van der Waals surface area contributed by atoms with E-state index in [1.165, 1.54) is 0 Å². The number of hydrogen-bond acceptors (Lipinski definition) is 4. The third kappa shape index (κ3) is 2.79. The summed E-state index contributed by atoms with van der Waals surface area (Å²) in [4.78, 5) is 16.0. The van der Waals surface area contributed by atoms with E-state index in [9.17, 15) is 4.79 Å². The fourth-order valence-electron chi connectivity index (χ4n) is 2.24. The van der Waals surface area contributed by atoms with E-state index >= 15 is 0 Å². The number of nitrogens with two attached hydrogens (primary N) is 1. The number of hydrogen-bond donors (Lipinski definition) is 2. The predicted molar refractivity (Wildman–Crippen MR) is 74.9 cm³/mol. The number of nitrogens with one attached hydrogen (secondary N) is 1. The Morgan fingerprint density at radius 1 is 1.40 bits per heavy atom. The van der Waals surface area contributed by atoms with Gasteiger partial charge in [0.2, 0.25) is 0 Å². The number of rotatable bonds is 5. The van der Waals surface area contributed by atoms with Gasteiger partial charge in [-0.05, 0) is 31.0 Å². The van der Waals surface area contributed by atoms with Crippen LogP contribution in [-0.2, 0) is 6.54 Å². The highest BCUT2D eigenvalue weighted by molar-refractivity contribution is 5.92. The number of nitrogen functional groups attached to an aromatic ring is 1. The summed E-state index contributed by atoms with van der Waals surface area (Å²) in [5.41, 5.74) is 6.08. The van der Waals surface area contributed by atoms with Crippen LogP contribution in [0.1, 0.15) is 23.3 Å². The standard InChI is InChI=1S/C14H17N5O/c15-12-4-1-3-11(18-12)13(20)16-9-14(5-6-14)10-19-8-2-7-17-19/h1-4,7-8H,5-6,9-10H2,(H2,15,18)(H,16,20). The molecule has 0 unspecified atom stereocenters. The third-order valence-electron chi connectivity index (χ3n) is 3.64. The molecular weight excluding hydrogens is 254 g/mol. The molecule has 0 spiro atoms. The normalized spacial score (nSPS) is 15.8. The minimum Gasteiger partial charge on any atom is -0.384 e. The lowest BCUT2D eigenvalue weighted by atomic mass is 10.1. The molecule has 0 saturated heterocycles. The van der Waals surface area contributed by atoms with Crippen LogP contribution in [0.3, 0.4) is 0 Å². The Morgan fingerprint density at radius 3 is 2.90 bits per heavy atom. The molecule has 1 saturated carbocycles. The molecule has 20 heavy (non-hydrogen) atoms. The lowest BCUT2D eigenvalue weighted by Gasteiger charge is -2.16. The maximum absolute atomic E-state index is 12.0. The van der Waals surface area contributed by atoms with Gasteiger partial charge in [0.15, 0.2) is 0 Å². The Bertz CT molecular complexity index is 604. The highest BCUT2D eigenvalue weighted by atomic mass is 16.1. The van der Waals surface area contributed by atoms with Crippen molar-refractivity contribution in [2.75, 3.05) is 12.3 Å². The summed E-state index contributed by atoms with van der Waals surface area (Å²) in [6.07, 6.45) is 5.93. The number of pyridine rings is 1. The molecule has 3 rings (SSSR count). The first-order valence-electron chi connectivity index (χ1n) is 6.65. The third-order valence-corrected chi connectivity index (χ3v) is 3.64. The van der Waals surface area contributed by atoms with E-state index in [0.29, 0.717) is 18.1 Å². The number of nitrogens with zero attached hydrogens (tertiary/aromatic N) is 3. The van der Waals surface area contributed by atoms with Crippen molar-refractivity contribution >= 4 is 11.7 Å². The van der Waals surface area contributed by atoms with Gasteiger partial charge >= 0.3 is 0 Å². The first kappa shape index (κ1) is 12.7. The van der Waals surface area contributed by atoms with Crippen molar-refractivity contribution in [3.63, 3.8) is 0 Å². The molecule has 0 radical (unpaired) electrons. The van der Waals surface area contributed by atoms with E-state index in [-0.39, 0.29) is 11.3 Å². The summed E-state index contributed by atoms with van der Waals surface area (Å²) in [6.45, 7) is 1.48. The zero-order valence-corrected chi connectivity index (χ0v) is 11.1. The van der Waals surface area contributed by atoms with Crippen molar-refractivity contribution in [2.24, 2.45) is 5.41 Å². The predicted octanol–water partition coefficient (Wildman–Crippen LogP) is 1.07. The van der Waals surface area contributed by atoms with Crippen LogP contribution in [0.4, 0.5) is 5.82 Å². The van der Waals surface area contributed by atoms with Crippen molar-refractivity contribution in [2.45, 2.75) is 19.4 Å². The van der Waals surface area contributed by atoms with Crippen LogP contribution in [0.25, 0.3) is 0 Å². The van der Waals surface area contributed by atoms with Gasteiger partial charge < -0.3 is 11.1 Å². The average molecular weight is 271 g/mol. The topological polar surface area (TPSA) is 85.8 Å². The Labute approximate surface area is 117 Å². The number of amides is 1. The maximum Gasteiger partial charge on any atom is 0.269 e. The van der Waals surface area contributed by atoms with E-state index in [4.69, 9.17) is 5.73 Å². The van der Waals surface area contributed by atoms with E-state index in [2.05, 4.69) is 15.4 Å². The average Bonchev–Trinajstić information content (AvgIpc) is 3.01. The van der Waals surface area contributed by atoms with Crippen LogP contribution in [0.2, 0.25) is 0 Å².